The molecule has 1 aromatic carbocycles. The second-order valence-electron chi connectivity index (χ2n) is 4.03. The summed E-state index contributed by atoms with van der Waals surface area (Å²) in [6.07, 6.45) is 2.60. The normalized spacial score (nSPS) is 9.79. The average Bonchev–Trinajstić information content (AvgIpc) is 2.84. The van der Waals surface area contributed by atoms with Crippen LogP contribution in [0.15, 0.2) is 36.5 Å². The number of ether oxygens (including phenoxy) is 1. The number of halogens is 1. The van der Waals surface area contributed by atoms with E-state index in [0.717, 1.165) is 17.0 Å². The van der Waals surface area contributed by atoms with Crippen molar-refractivity contribution < 1.29 is 4.74 Å². The zero-order chi connectivity index (χ0) is 13.5. The maximum atomic E-state index is 5.64. The van der Waals surface area contributed by atoms with Crippen molar-refractivity contribution in [3.05, 3.63) is 47.8 Å². The van der Waals surface area contributed by atoms with Gasteiger partial charge in [-0.15, -0.1) is 11.6 Å². The van der Waals surface area contributed by atoms with E-state index in [1.165, 1.54) is 0 Å². The monoisotopic (exact) mass is 274 g/mol. The quantitative estimate of drug-likeness (QED) is 0.633. The summed E-state index contributed by atoms with van der Waals surface area (Å²) in [5.74, 6) is 7.42. The van der Waals surface area contributed by atoms with E-state index in [2.05, 4.69) is 16.9 Å². The molecule has 4 heteroatoms. The largest absolute Gasteiger partial charge is 0.487 e. The molecule has 0 radical (unpaired) electrons. The lowest BCUT2D eigenvalue weighted by atomic mass is 10.2. The van der Waals surface area contributed by atoms with Gasteiger partial charge in [-0.1, -0.05) is 11.8 Å². The van der Waals surface area contributed by atoms with E-state index in [1.54, 1.807) is 4.68 Å². The molecule has 3 nitrogen and oxygen atoms in total. The Labute approximate surface area is 118 Å². The topological polar surface area (TPSA) is 27.1 Å². The van der Waals surface area contributed by atoms with Gasteiger partial charge in [0.05, 0.1) is 5.69 Å². The molecule has 0 saturated heterocycles. The van der Waals surface area contributed by atoms with E-state index >= 15 is 0 Å². The molecular formula is C15H15ClN2O. The fourth-order valence-corrected chi connectivity index (χ4v) is 1.64. The Morgan fingerprint density at radius 2 is 2.05 bits per heavy atom. The van der Waals surface area contributed by atoms with Crippen LogP contribution in [0, 0.1) is 11.8 Å². The summed E-state index contributed by atoms with van der Waals surface area (Å²) in [6.45, 7) is 0.470. The molecule has 1 aromatic heterocycles. The molecule has 0 aliphatic rings. The van der Waals surface area contributed by atoms with Crippen LogP contribution < -0.4 is 4.74 Å². The zero-order valence-electron chi connectivity index (χ0n) is 10.8. The lowest BCUT2D eigenvalue weighted by Crippen LogP contribution is -1.97. The molecular weight excluding hydrogens is 260 g/mol. The molecule has 2 aromatic rings. The van der Waals surface area contributed by atoms with Crippen LogP contribution >= 0.6 is 11.6 Å². The van der Waals surface area contributed by atoms with Crippen molar-refractivity contribution in [3.63, 3.8) is 0 Å². The molecule has 0 atom stereocenters. The van der Waals surface area contributed by atoms with Gasteiger partial charge in [0.1, 0.15) is 12.4 Å². The van der Waals surface area contributed by atoms with Crippen molar-refractivity contribution in [2.24, 2.45) is 7.05 Å². The van der Waals surface area contributed by atoms with Gasteiger partial charge in [-0.25, -0.2) is 0 Å². The Balaban J connectivity index is 1.90. The number of benzene rings is 1. The maximum Gasteiger partial charge on any atom is 0.132 e. The first-order valence-corrected chi connectivity index (χ1v) is 6.57. The summed E-state index contributed by atoms with van der Waals surface area (Å²) in [6, 6.07) is 9.64. The molecule has 0 aliphatic heterocycles. The molecule has 0 saturated carbocycles. The lowest BCUT2D eigenvalue weighted by Gasteiger charge is -2.03. The highest BCUT2D eigenvalue weighted by Gasteiger charge is 1.98. The van der Waals surface area contributed by atoms with Crippen LogP contribution in [0.2, 0.25) is 0 Å². The standard InChI is InChI=1S/C15H15ClN2O/c1-18-11-9-14(17-18)12-19-15-7-5-13(6-8-15)4-2-3-10-16/h5-9,11H,3,10,12H2,1H3. The van der Waals surface area contributed by atoms with Gasteiger partial charge < -0.3 is 4.74 Å². The van der Waals surface area contributed by atoms with Crippen molar-refractivity contribution in [2.75, 3.05) is 5.88 Å². The first kappa shape index (κ1) is 13.5. The third-order valence-corrected chi connectivity index (χ3v) is 2.65. The van der Waals surface area contributed by atoms with Crippen LogP contribution in [0.3, 0.4) is 0 Å². The van der Waals surface area contributed by atoms with Crippen molar-refractivity contribution in [1.82, 2.24) is 9.78 Å². The van der Waals surface area contributed by atoms with Gasteiger partial charge in [0.15, 0.2) is 0 Å². The minimum Gasteiger partial charge on any atom is -0.487 e. The van der Waals surface area contributed by atoms with E-state index < -0.39 is 0 Å². The Kier molecular flexibility index (Phi) is 4.88. The second kappa shape index (κ2) is 6.86. The Hall–Kier alpha value is -1.92. The molecule has 19 heavy (non-hydrogen) atoms. The molecule has 0 fully saturated rings. The van der Waals surface area contributed by atoms with E-state index in [1.807, 2.05) is 43.6 Å². The smallest absolute Gasteiger partial charge is 0.132 e. The number of nitrogens with zero attached hydrogens (tertiary/aromatic N) is 2. The number of aryl methyl sites for hydroxylation is 1. The molecule has 0 amide bonds. The van der Waals surface area contributed by atoms with E-state index in [4.69, 9.17) is 16.3 Å². The van der Waals surface area contributed by atoms with Crippen molar-refractivity contribution in [3.8, 4) is 17.6 Å². The second-order valence-corrected chi connectivity index (χ2v) is 4.41. The number of rotatable bonds is 4. The Bertz CT molecular complexity index is 578. The molecule has 2 rings (SSSR count). The Morgan fingerprint density at radius 3 is 2.68 bits per heavy atom. The SMILES string of the molecule is Cn1ccc(COc2ccc(C#CCCCl)cc2)n1. The number of alkyl halides is 1. The van der Waals surface area contributed by atoms with Crippen LogP contribution in [0.4, 0.5) is 0 Å². The maximum absolute atomic E-state index is 5.64. The van der Waals surface area contributed by atoms with Gasteiger partial charge in [-0.2, -0.15) is 5.10 Å². The first-order chi connectivity index (χ1) is 9.28. The van der Waals surface area contributed by atoms with Gasteiger partial charge in [0.25, 0.3) is 0 Å². The third kappa shape index (κ3) is 4.35. The van der Waals surface area contributed by atoms with Crippen molar-refractivity contribution in [2.45, 2.75) is 13.0 Å². The van der Waals surface area contributed by atoms with E-state index in [0.29, 0.717) is 18.9 Å². The molecule has 1 heterocycles. The average molecular weight is 275 g/mol. The van der Waals surface area contributed by atoms with Gasteiger partial charge in [-0.05, 0) is 30.3 Å². The van der Waals surface area contributed by atoms with Crippen LogP contribution in [0.25, 0.3) is 0 Å². The van der Waals surface area contributed by atoms with Gasteiger partial charge >= 0.3 is 0 Å². The highest BCUT2D eigenvalue weighted by atomic mass is 35.5. The molecule has 0 unspecified atom stereocenters. The van der Waals surface area contributed by atoms with Crippen LogP contribution in [-0.4, -0.2) is 15.7 Å². The number of hydrogen-bond acceptors (Lipinski definition) is 2. The summed E-state index contributed by atoms with van der Waals surface area (Å²) in [4.78, 5) is 0. The summed E-state index contributed by atoms with van der Waals surface area (Å²) < 4.78 is 7.40. The van der Waals surface area contributed by atoms with Crippen molar-refractivity contribution in [1.29, 1.82) is 0 Å². The third-order valence-electron chi connectivity index (χ3n) is 2.46. The van der Waals surface area contributed by atoms with Crippen LogP contribution in [-0.2, 0) is 13.7 Å². The minimum atomic E-state index is 0.470. The fraction of sp³-hybridized carbons (Fsp3) is 0.267. The van der Waals surface area contributed by atoms with E-state index in [-0.39, 0.29) is 0 Å². The fourth-order valence-electron chi connectivity index (χ4n) is 1.54. The predicted octanol–water partition coefficient (Wildman–Crippen LogP) is 2.98. The molecule has 0 aliphatic carbocycles. The highest BCUT2D eigenvalue weighted by Crippen LogP contribution is 2.13. The minimum absolute atomic E-state index is 0.470. The molecule has 0 spiro atoms. The summed E-state index contributed by atoms with van der Waals surface area (Å²) >= 11 is 5.56. The van der Waals surface area contributed by atoms with Gasteiger partial charge in [0, 0.05) is 31.1 Å². The summed E-state index contributed by atoms with van der Waals surface area (Å²) in [5, 5.41) is 4.25. The molecule has 0 bridgehead atoms. The van der Waals surface area contributed by atoms with Crippen LogP contribution in [0.1, 0.15) is 17.7 Å². The Morgan fingerprint density at radius 1 is 1.26 bits per heavy atom. The molecule has 0 N–H and O–H groups in total. The van der Waals surface area contributed by atoms with E-state index in [9.17, 15) is 0 Å². The van der Waals surface area contributed by atoms with Crippen molar-refractivity contribution >= 4 is 11.6 Å². The zero-order valence-corrected chi connectivity index (χ0v) is 11.5. The summed E-state index contributed by atoms with van der Waals surface area (Å²) in [7, 11) is 1.89. The number of hydrogen-bond donors (Lipinski definition) is 0. The summed E-state index contributed by atoms with van der Waals surface area (Å²) in [5.41, 5.74) is 1.88. The van der Waals surface area contributed by atoms with Crippen LogP contribution in [0.5, 0.6) is 5.75 Å². The first-order valence-electron chi connectivity index (χ1n) is 6.04. The predicted molar refractivity (Wildman–Crippen MR) is 76.2 cm³/mol. The highest BCUT2D eigenvalue weighted by molar-refractivity contribution is 6.18. The molecule has 98 valence electrons. The lowest BCUT2D eigenvalue weighted by molar-refractivity contribution is 0.300. The van der Waals surface area contributed by atoms with Gasteiger partial charge in [0.2, 0.25) is 0 Å². The number of aromatic nitrogens is 2. The van der Waals surface area contributed by atoms with Gasteiger partial charge in [-0.3, -0.25) is 4.68 Å².